The molecule has 0 unspecified atom stereocenters. The minimum absolute atomic E-state index is 0.0632. The maximum Gasteiger partial charge on any atom is 0.262 e. The predicted molar refractivity (Wildman–Crippen MR) is 68.9 cm³/mol. The van der Waals surface area contributed by atoms with E-state index in [4.69, 9.17) is 16.3 Å². The first kappa shape index (κ1) is 12.4. The van der Waals surface area contributed by atoms with E-state index in [-0.39, 0.29) is 12.5 Å². The minimum Gasteiger partial charge on any atom is -0.484 e. The van der Waals surface area contributed by atoms with Gasteiger partial charge >= 0.3 is 0 Å². The molecule has 0 bridgehead atoms. The number of aryl methyl sites for hydroxylation is 1. The normalized spacial score (nSPS) is 10.1. The molecule has 0 saturated carbocycles. The van der Waals surface area contributed by atoms with Gasteiger partial charge in [0.15, 0.2) is 6.61 Å². The monoisotopic (exact) mass is 265 g/mol. The number of H-pyrrole nitrogens is 1. The first-order chi connectivity index (χ1) is 8.65. The van der Waals surface area contributed by atoms with Crippen LogP contribution in [0.2, 0.25) is 5.02 Å². The van der Waals surface area contributed by atoms with Gasteiger partial charge in [-0.3, -0.25) is 9.89 Å². The molecular formula is C12H12ClN3O2. The number of nitrogens with zero attached hydrogens (tertiary/aromatic N) is 1. The summed E-state index contributed by atoms with van der Waals surface area (Å²) in [5, 5.41) is 9.63. The van der Waals surface area contributed by atoms with E-state index < -0.39 is 0 Å². The van der Waals surface area contributed by atoms with Crippen molar-refractivity contribution >= 4 is 23.2 Å². The van der Waals surface area contributed by atoms with Crippen LogP contribution in [0.5, 0.6) is 5.75 Å². The van der Waals surface area contributed by atoms with E-state index >= 15 is 0 Å². The molecule has 0 aliphatic carbocycles. The Balaban J connectivity index is 1.87. The lowest BCUT2D eigenvalue weighted by Gasteiger charge is -2.07. The number of rotatable bonds is 4. The van der Waals surface area contributed by atoms with Crippen LogP contribution in [-0.4, -0.2) is 22.7 Å². The third-order valence-electron chi connectivity index (χ3n) is 2.28. The molecule has 1 heterocycles. The number of carbonyl (C=O) groups excluding carboxylic acids is 1. The molecule has 0 aliphatic heterocycles. The van der Waals surface area contributed by atoms with Crippen LogP contribution in [0.25, 0.3) is 0 Å². The number of anilines is 1. The molecular weight excluding hydrogens is 254 g/mol. The Morgan fingerprint density at radius 2 is 2.39 bits per heavy atom. The topological polar surface area (TPSA) is 67.0 Å². The van der Waals surface area contributed by atoms with Crippen molar-refractivity contribution in [2.75, 3.05) is 11.9 Å². The Labute approximate surface area is 109 Å². The SMILES string of the molecule is Cc1cc(OCC(=O)Nc2cn[nH]c2)ccc1Cl. The van der Waals surface area contributed by atoms with Gasteiger partial charge in [0.25, 0.3) is 5.91 Å². The average molecular weight is 266 g/mol. The summed E-state index contributed by atoms with van der Waals surface area (Å²) in [6, 6.07) is 5.24. The Kier molecular flexibility index (Phi) is 3.84. The number of halogens is 1. The Bertz CT molecular complexity index is 540. The van der Waals surface area contributed by atoms with Crippen molar-refractivity contribution in [3.63, 3.8) is 0 Å². The van der Waals surface area contributed by atoms with Crippen LogP contribution in [-0.2, 0) is 4.79 Å². The number of nitrogens with one attached hydrogen (secondary N) is 2. The zero-order valence-electron chi connectivity index (χ0n) is 9.74. The van der Waals surface area contributed by atoms with Crippen molar-refractivity contribution < 1.29 is 9.53 Å². The number of aromatic nitrogens is 2. The largest absolute Gasteiger partial charge is 0.484 e. The van der Waals surface area contributed by atoms with E-state index in [1.165, 1.54) is 6.20 Å². The molecule has 0 atom stereocenters. The summed E-state index contributed by atoms with van der Waals surface area (Å²) in [7, 11) is 0. The molecule has 2 aromatic rings. The summed E-state index contributed by atoms with van der Waals surface area (Å²) in [4.78, 5) is 11.5. The second kappa shape index (κ2) is 5.55. The van der Waals surface area contributed by atoms with Crippen molar-refractivity contribution in [3.8, 4) is 5.75 Å². The molecule has 18 heavy (non-hydrogen) atoms. The summed E-state index contributed by atoms with van der Waals surface area (Å²) in [6.45, 7) is 1.81. The first-order valence-electron chi connectivity index (χ1n) is 5.33. The molecule has 5 nitrogen and oxygen atoms in total. The van der Waals surface area contributed by atoms with Gasteiger partial charge < -0.3 is 10.1 Å². The maximum atomic E-state index is 11.5. The molecule has 0 spiro atoms. The van der Waals surface area contributed by atoms with Crippen molar-refractivity contribution in [1.29, 1.82) is 0 Å². The number of aromatic amines is 1. The fourth-order valence-corrected chi connectivity index (χ4v) is 1.49. The van der Waals surface area contributed by atoms with Gasteiger partial charge in [-0.1, -0.05) is 11.6 Å². The predicted octanol–water partition coefficient (Wildman–Crippen LogP) is 2.39. The third kappa shape index (κ3) is 3.24. The van der Waals surface area contributed by atoms with Gasteiger partial charge in [-0.2, -0.15) is 5.10 Å². The van der Waals surface area contributed by atoms with Crippen molar-refractivity contribution in [3.05, 3.63) is 41.2 Å². The lowest BCUT2D eigenvalue weighted by atomic mass is 10.2. The van der Waals surface area contributed by atoms with Crippen LogP contribution < -0.4 is 10.1 Å². The van der Waals surface area contributed by atoms with Gasteiger partial charge in [-0.05, 0) is 30.7 Å². The highest BCUT2D eigenvalue weighted by Gasteiger charge is 2.05. The van der Waals surface area contributed by atoms with Gasteiger partial charge in [0.2, 0.25) is 0 Å². The summed E-state index contributed by atoms with van der Waals surface area (Å²) >= 11 is 5.89. The third-order valence-corrected chi connectivity index (χ3v) is 2.71. The molecule has 0 radical (unpaired) electrons. The Morgan fingerprint density at radius 1 is 1.56 bits per heavy atom. The van der Waals surface area contributed by atoms with Crippen LogP contribution in [0.1, 0.15) is 5.56 Å². The number of hydrogen-bond donors (Lipinski definition) is 2. The molecule has 0 aliphatic rings. The molecule has 0 fully saturated rings. The second-order valence-electron chi connectivity index (χ2n) is 3.73. The summed E-state index contributed by atoms with van der Waals surface area (Å²) in [5.41, 5.74) is 1.51. The van der Waals surface area contributed by atoms with Crippen molar-refractivity contribution in [2.45, 2.75) is 6.92 Å². The van der Waals surface area contributed by atoms with E-state index in [2.05, 4.69) is 15.5 Å². The smallest absolute Gasteiger partial charge is 0.262 e. The molecule has 0 saturated heterocycles. The molecule has 1 aromatic carbocycles. The maximum absolute atomic E-state index is 11.5. The standard InChI is InChI=1S/C12H12ClN3O2/c1-8-4-10(2-3-11(8)13)18-7-12(17)16-9-5-14-15-6-9/h2-6H,7H2,1H3,(H,14,15)(H,16,17). The Morgan fingerprint density at radius 3 is 3.06 bits per heavy atom. The van der Waals surface area contributed by atoms with E-state index in [9.17, 15) is 4.79 Å². The highest BCUT2D eigenvalue weighted by atomic mass is 35.5. The quantitative estimate of drug-likeness (QED) is 0.892. The molecule has 1 amide bonds. The zero-order valence-corrected chi connectivity index (χ0v) is 10.5. The van der Waals surface area contributed by atoms with Gasteiger partial charge in [-0.15, -0.1) is 0 Å². The summed E-state index contributed by atoms with van der Waals surface area (Å²) in [5.74, 6) is 0.364. The van der Waals surface area contributed by atoms with Crippen LogP contribution in [0.4, 0.5) is 5.69 Å². The minimum atomic E-state index is -0.246. The van der Waals surface area contributed by atoms with E-state index in [0.29, 0.717) is 16.5 Å². The van der Waals surface area contributed by atoms with Gasteiger partial charge in [0.1, 0.15) is 5.75 Å². The summed E-state index contributed by atoms with van der Waals surface area (Å²) in [6.07, 6.45) is 3.11. The second-order valence-corrected chi connectivity index (χ2v) is 4.14. The molecule has 2 N–H and O–H groups in total. The lowest BCUT2D eigenvalue weighted by molar-refractivity contribution is -0.118. The van der Waals surface area contributed by atoms with E-state index in [0.717, 1.165) is 5.56 Å². The van der Waals surface area contributed by atoms with Crippen LogP contribution in [0.3, 0.4) is 0 Å². The number of ether oxygens (including phenoxy) is 1. The molecule has 2 rings (SSSR count). The number of benzene rings is 1. The zero-order chi connectivity index (χ0) is 13.0. The highest BCUT2D eigenvalue weighted by molar-refractivity contribution is 6.31. The van der Waals surface area contributed by atoms with Crippen LogP contribution in [0, 0.1) is 6.92 Å². The molecule has 1 aromatic heterocycles. The fourth-order valence-electron chi connectivity index (χ4n) is 1.37. The molecule has 6 heteroatoms. The fraction of sp³-hybridized carbons (Fsp3) is 0.167. The highest BCUT2D eigenvalue weighted by Crippen LogP contribution is 2.20. The number of carbonyl (C=O) groups is 1. The lowest BCUT2D eigenvalue weighted by Crippen LogP contribution is -2.19. The summed E-state index contributed by atoms with van der Waals surface area (Å²) < 4.78 is 5.35. The van der Waals surface area contributed by atoms with Gasteiger partial charge in [0, 0.05) is 11.2 Å². The van der Waals surface area contributed by atoms with Crippen LogP contribution in [0.15, 0.2) is 30.6 Å². The Hall–Kier alpha value is -2.01. The average Bonchev–Trinajstić information content (AvgIpc) is 2.83. The van der Waals surface area contributed by atoms with Crippen molar-refractivity contribution in [2.24, 2.45) is 0 Å². The van der Waals surface area contributed by atoms with E-state index in [1.54, 1.807) is 24.4 Å². The van der Waals surface area contributed by atoms with E-state index in [1.807, 2.05) is 6.92 Å². The number of hydrogen-bond acceptors (Lipinski definition) is 3. The molecule has 94 valence electrons. The van der Waals surface area contributed by atoms with Crippen LogP contribution >= 0.6 is 11.6 Å². The van der Waals surface area contributed by atoms with Crippen molar-refractivity contribution in [1.82, 2.24) is 10.2 Å². The van der Waals surface area contributed by atoms with Gasteiger partial charge in [-0.25, -0.2) is 0 Å². The number of amides is 1. The van der Waals surface area contributed by atoms with Gasteiger partial charge in [0.05, 0.1) is 11.9 Å². The first-order valence-corrected chi connectivity index (χ1v) is 5.70.